The van der Waals surface area contributed by atoms with Gasteiger partial charge in [0.2, 0.25) is 0 Å². The second-order valence-corrected chi connectivity index (χ2v) is 7.53. The molecule has 1 atom stereocenters. The van der Waals surface area contributed by atoms with Crippen LogP contribution in [0.1, 0.15) is 24.1 Å². The number of carboxylic acid groups (broad SMARTS) is 1. The van der Waals surface area contributed by atoms with E-state index in [9.17, 15) is 4.79 Å². The van der Waals surface area contributed by atoms with Gasteiger partial charge < -0.3 is 14.8 Å². The molecule has 30 heavy (non-hydrogen) atoms. The van der Waals surface area contributed by atoms with E-state index in [-0.39, 0.29) is 6.61 Å². The average molecular weight is 407 g/mol. The normalized spacial score (nSPS) is 17.0. The molecule has 0 radical (unpaired) electrons. The van der Waals surface area contributed by atoms with Crippen molar-refractivity contribution in [3.05, 3.63) is 60.3 Å². The fraction of sp³-hybridized carbons (Fsp3) is 0.364. The van der Waals surface area contributed by atoms with Crippen LogP contribution in [0.25, 0.3) is 11.5 Å². The largest absolute Gasteiger partial charge is 0.482 e. The summed E-state index contributed by atoms with van der Waals surface area (Å²) in [6.07, 6.45) is 10.0. The molecule has 8 nitrogen and oxygen atoms in total. The number of carboxylic acids is 1. The number of aliphatic carboxylic acids is 1. The minimum atomic E-state index is -0.973. The lowest BCUT2D eigenvalue weighted by Gasteiger charge is -2.33. The molecule has 3 heterocycles. The Labute approximate surface area is 175 Å². The zero-order valence-corrected chi connectivity index (χ0v) is 16.7. The molecule has 1 fully saturated rings. The number of para-hydroxylation sites is 1. The molecule has 0 unspecified atom stereocenters. The lowest BCUT2D eigenvalue weighted by atomic mass is 9.92. The van der Waals surface area contributed by atoms with Gasteiger partial charge in [-0.1, -0.05) is 18.2 Å². The van der Waals surface area contributed by atoms with Crippen LogP contribution in [-0.4, -0.2) is 55.6 Å². The zero-order chi connectivity index (χ0) is 20.8. The van der Waals surface area contributed by atoms with Crippen LogP contribution in [0.5, 0.6) is 5.75 Å². The Morgan fingerprint density at radius 3 is 2.90 bits per heavy atom. The van der Waals surface area contributed by atoms with Crippen molar-refractivity contribution in [1.82, 2.24) is 24.8 Å². The number of hydrogen-bond donors (Lipinski definition) is 2. The van der Waals surface area contributed by atoms with Gasteiger partial charge in [-0.2, -0.15) is 0 Å². The van der Waals surface area contributed by atoms with Crippen LogP contribution in [0.4, 0.5) is 0 Å². The Hall–Kier alpha value is -3.26. The highest BCUT2D eigenvalue weighted by Crippen LogP contribution is 2.27. The summed E-state index contributed by atoms with van der Waals surface area (Å²) in [5, 5.41) is 8.90. The van der Waals surface area contributed by atoms with Crippen molar-refractivity contribution < 1.29 is 14.6 Å². The Balaban J connectivity index is 1.42. The molecule has 0 bridgehead atoms. The number of nitrogens with zero attached hydrogens (tertiary/aromatic N) is 4. The van der Waals surface area contributed by atoms with Crippen molar-refractivity contribution in [2.75, 3.05) is 19.7 Å². The first kappa shape index (κ1) is 20.0. The summed E-state index contributed by atoms with van der Waals surface area (Å²) in [5.41, 5.74) is 2.78. The number of benzene rings is 1. The maximum atomic E-state index is 10.9. The number of likely N-dealkylation sites (tertiary alicyclic amines) is 1. The molecule has 0 amide bonds. The topological polar surface area (TPSA) is 104 Å². The summed E-state index contributed by atoms with van der Waals surface area (Å²) in [7, 11) is 0. The lowest BCUT2D eigenvalue weighted by molar-refractivity contribution is -0.139. The predicted octanol–water partition coefficient (Wildman–Crippen LogP) is 2.78. The lowest BCUT2D eigenvalue weighted by Crippen LogP contribution is -2.36. The Kier molecular flexibility index (Phi) is 6.34. The Bertz CT molecular complexity index is 976. The SMILES string of the molecule is O=C(O)COc1ccccc1CN1CCC[C@@H](Cc2nccnc2-c2ncc[nH]2)C1. The number of H-pyrrole nitrogens is 1. The van der Waals surface area contributed by atoms with Crippen LogP contribution in [0, 0.1) is 5.92 Å². The van der Waals surface area contributed by atoms with Crippen LogP contribution in [0.15, 0.2) is 49.1 Å². The van der Waals surface area contributed by atoms with Crippen LogP contribution in [0.3, 0.4) is 0 Å². The molecule has 0 saturated carbocycles. The molecule has 0 spiro atoms. The molecule has 2 N–H and O–H groups in total. The highest BCUT2D eigenvalue weighted by Gasteiger charge is 2.23. The van der Waals surface area contributed by atoms with Crippen LogP contribution < -0.4 is 4.74 Å². The number of nitrogens with one attached hydrogen (secondary N) is 1. The number of carbonyl (C=O) groups is 1. The monoisotopic (exact) mass is 407 g/mol. The first-order valence-electron chi connectivity index (χ1n) is 10.1. The third-order valence-corrected chi connectivity index (χ3v) is 5.30. The second-order valence-electron chi connectivity index (χ2n) is 7.53. The molecule has 8 heteroatoms. The Morgan fingerprint density at radius 1 is 1.20 bits per heavy atom. The number of rotatable bonds is 8. The fourth-order valence-electron chi connectivity index (χ4n) is 4.00. The molecular formula is C22H25N5O3. The number of imidazole rings is 1. The molecule has 3 aromatic rings. The quantitative estimate of drug-likeness (QED) is 0.592. The van der Waals surface area contributed by atoms with Gasteiger partial charge >= 0.3 is 5.97 Å². The molecule has 1 aromatic carbocycles. The molecular weight excluding hydrogens is 382 g/mol. The zero-order valence-electron chi connectivity index (χ0n) is 16.7. The van der Waals surface area contributed by atoms with Crippen molar-refractivity contribution in [3.63, 3.8) is 0 Å². The summed E-state index contributed by atoms with van der Waals surface area (Å²) < 4.78 is 5.46. The van der Waals surface area contributed by atoms with Gasteiger partial charge in [0.1, 0.15) is 11.4 Å². The molecule has 4 rings (SSSR count). The van der Waals surface area contributed by atoms with E-state index in [4.69, 9.17) is 9.84 Å². The molecule has 1 aliphatic heterocycles. The third-order valence-electron chi connectivity index (χ3n) is 5.30. The van der Waals surface area contributed by atoms with E-state index in [0.717, 1.165) is 61.7 Å². The van der Waals surface area contributed by atoms with Crippen molar-refractivity contribution >= 4 is 5.97 Å². The molecule has 0 aliphatic carbocycles. The second kappa shape index (κ2) is 9.49. The fourth-order valence-corrected chi connectivity index (χ4v) is 4.00. The first-order chi connectivity index (χ1) is 14.7. The van der Waals surface area contributed by atoms with Crippen LogP contribution in [-0.2, 0) is 17.8 Å². The highest BCUT2D eigenvalue weighted by atomic mass is 16.5. The molecule has 1 aliphatic rings. The van der Waals surface area contributed by atoms with Gasteiger partial charge in [-0.05, 0) is 37.8 Å². The number of hydrogen-bond acceptors (Lipinski definition) is 6. The standard InChI is InChI=1S/C22H25N5O3/c28-20(29)15-30-19-6-2-1-5-17(19)14-27-11-3-4-16(13-27)12-18-21(24-8-7-23-18)22-25-9-10-26-22/h1-2,5-10,16H,3-4,11-15H2,(H,25,26)(H,28,29)/t16-/m0/s1. The van der Waals surface area contributed by atoms with E-state index >= 15 is 0 Å². The first-order valence-corrected chi connectivity index (χ1v) is 10.1. The summed E-state index contributed by atoms with van der Waals surface area (Å²) >= 11 is 0. The maximum absolute atomic E-state index is 10.9. The van der Waals surface area contributed by atoms with Crippen molar-refractivity contribution in [2.45, 2.75) is 25.8 Å². The number of aromatic amines is 1. The predicted molar refractivity (Wildman–Crippen MR) is 111 cm³/mol. The van der Waals surface area contributed by atoms with E-state index in [0.29, 0.717) is 11.7 Å². The maximum Gasteiger partial charge on any atom is 0.341 e. The molecule has 1 saturated heterocycles. The molecule has 156 valence electrons. The van der Waals surface area contributed by atoms with Gasteiger partial charge in [0.25, 0.3) is 0 Å². The summed E-state index contributed by atoms with van der Waals surface area (Å²) in [6.45, 7) is 2.36. The summed E-state index contributed by atoms with van der Waals surface area (Å²) in [4.78, 5) is 29.8. The Morgan fingerprint density at radius 2 is 2.07 bits per heavy atom. The number of aromatic nitrogens is 4. The van der Waals surface area contributed by atoms with Gasteiger partial charge in [0, 0.05) is 43.4 Å². The minimum Gasteiger partial charge on any atom is -0.482 e. The van der Waals surface area contributed by atoms with E-state index in [1.807, 2.05) is 24.3 Å². The average Bonchev–Trinajstić information content (AvgIpc) is 3.28. The van der Waals surface area contributed by atoms with E-state index in [1.165, 1.54) is 0 Å². The van der Waals surface area contributed by atoms with E-state index < -0.39 is 5.97 Å². The van der Waals surface area contributed by atoms with Crippen LogP contribution in [0.2, 0.25) is 0 Å². The van der Waals surface area contributed by atoms with Gasteiger partial charge in [-0.3, -0.25) is 9.88 Å². The van der Waals surface area contributed by atoms with Crippen molar-refractivity contribution in [2.24, 2.45) is 5.92 Å². The van der Waals surface area contributed by atoms with E-state index in [1.54, 1.807) is 24.8 Å². The van der Waals surface area contributed by atoms with E-state index in [2.05, 4.69) is 24.8 Å². The highest BCUT2D eigenvalue weighted by molar-refractivity contribution is 5.68. The van der Waals surface area contributed by atoms with Gasteiger partial charge in [-0.15, -0.1) is 0 Å². The molecule has 2 aromatic heterocycles. The summed E-state index contributed by atoms with van der Waals surface area (Å²) in [6, 6.07) is 7.65. The van der Waals surface area contributed by atoms with Crippen molar-refractivity contribution in [1.29, 1.82) is 0 Å². The van der Waals surface area contributed by atoms with Gasteiger partial charge in [0.15, 0.2) is 12.4 Å². The van der Waals surface area contributed by atoms with Gasteiger partial charge in [0.05, 0.1) is 5.69 Å². The minimum absolute atomic E-state index is 0.331. The summed E-state index contributed by atoms with van der Waals surface area (Å²) in [5.74, 6) is 0.877. The van der Waals surface area contributed by atoms with Gasteiger partial charge in [-0.25, -0.2) is 14.8 Å². The number of piperidine rings is 1. The third kappa shape index (κ3) is 5.01. The number of ether oxygens (including phenoxy) is 1. The smallest absolute Gasteiger partial charge is 0.341 e. The van der Waals surface area contributed by atoms with Crippen molar-refractivity contribution in [3.8, 4) is 17.3 Å². The van der Waals surface area contributed by atoms with Crippen LogP contribution >= 0.6 is 0 Å².